The molecule has 1 aliphatic heterocycles. The van der Waals surface area contributed by atoms with Crippen molar-refractivity contribution >= 4 is 5.91 Å². The molecule has 138 valence electrons. The van der Waals surface area contributed by atoms with Gasteiger partial charge in [-0.2, -0.15) is 0 Å². The minimum absolute atomic E-state index is 0.00653. The number of likely N-dealkylation sites (N-methyl/N-ethyl adjacent to an activating group) is 1. The van der Waals surface area contributed by atoms with Crippen LogP contribution in [0.3, 0.4) is 0 Å². The third-order valence-corrected chi connectivity index (χ3v) is 4.81. The summed E-state index contributed by atoms with van der Waals surface area (Å²) < 4.78 is 11.4. The lowest BCUT2D eigenvalue weighted by Gasteiger charge is -2.25. The smallest absolute Gasteiger partial charge is 0.260 e. The van der Waals surface area contributed by atoms with Crippen molar-refractivity contribution in [2.24, 2.45) is 0 Å². The zero-order valence-electron chi connectivity index (χ0n) is 15.4. The average molecular weight is 353 g/mol. The van der Waals surface area contributed by atoms with Crippen LogP contribution in [0, 0.1) is 0 Å². The highest BCUT2D eigenvalue weighted by atomic mass is 16.5. The Morgan fingerprint density at radius 3 is 2.50 bits per heavy atom. The summed E-state index contributed by atoms with van der Waals surface area (Å²) in [5.74, 6) is 0.704. The Bertz CT molecular complexity index is 678. The topological polar surface area (TPSA) is 38.8 Å². The molecule has 0 saturated carbocycles. The number of ether oxygens (including phenoxy) is 2. The molecular weight excluding hydrogens is 326 g/mol. The first-order valence-electron chi connectivity index (χ1n) is 9.36. The predicted molar refractivity (Wildman–Crippen MR) is 103 cm³/mol. The molecule has 1 aliphatic rings. The normalized spacial score (nSPS) is 16.9. The summed E-state index contributed by atoms with van der Waals surface area (Å²) in [5.41, 5.74) is 2.30. The molecule has 2 aromatic rings. The minimum Gasteiger partial charge on any atom is -0.484 e. The second kappa shape index (κ2) is 9.39. The fraction of sp³-hybridized carbons (Fsp3) is 0.409. The van der Waals surface area contributed by atoms with E-state index < -0.39 is 0 Å². The molecule has 1 saturated heterocycles. The van der Waals surface area contributed by atoms with Gasteiger partial charge in [0.2, 0.25) is 0 Å². The van der Waals surface area contributed by atoms with E-state index in [-0.39, 0.29) is 12.5 Å². The van der Waals surface area contributed by atoms with Gasteiger partial charge in [0, 0.05) is 20.2 Å². The number of nitrogens with zero attached hydrogens (tertiary/aromatic N) is 1. The van der Waals surface area contributed by atoms with Crippen LogP contribution in [0.2, 0.25) is 0 Å². The van der Waals surface area contributed by atoms with E-state index >= 15 is 0 Å². The van der Waals surface area contributed by atoms with Gasteiger partial charge >= 0.3 is 0 Å². The van der Waals surface area contributed by atoms with Crippen LogP contribution in [0.1, 0.15) is 25.7 Å². The van der Waals surface area contributed by atoms with Crippen molar-refractivity contribution in [2.45, 2.75) is 31.8 Å². The van der Waals surface area contributed by atoms with Crippen molar-refractivity contribution < 1.29 is 14.3 Å². The molecule has 1 amide bonds. The molecule has 3 rings (SSSR count). The SMILES string of the molecule is CN(CCC1CCCCO1)C(=O)COc1ccc(-c2ccccc2)cc1. The van der Waals surface area contributed by atoms with Crippen molar-refractivity contribution in [1.29, 1.82) is 0 Å². The number of rotatable bonds is 7. The molecular formula is C22H27NO3. The van der Waals surface area contributed by atoms with E-state index in [9.17, 15) is 4.79 Å². The lowest BCUT2D eigenvalue weighted by molar-refractivity contribution is -0.132. The minimum atomic E-state index is -0.00653. The first-order chi connectivity index (χ1) is 12.7. The van der Waals surface area contributed by atoms with Gasteiger partial charge in [-0.3, -0.25) is 4.79 Å². The van der Waals surface area contributed by atoms with Crippen LogP contribution in [0.15, 0.2) is 54.6 Å². The molecule has 1 fully saturated rings. The first-order valence-corrected chi connectivity index (χ1v) is 9.36. The number of carbonyl (C=O) groups excluding carboxylic acids is 1. The summed E-state index contributed by atoms with van der Waals surface area (Å²) in [6.07, 6.45) is 4.68. The van der Waals surface area contributed by atoms with E-state index in [4.69, 9.17) is 9.47 Å². The van der Waals surface area contributed by atoms with Gasteiger partial charge in [-0.05, 0) is 48.9 Å². The lowest BCUT2D eigenvalue weighted by Crippen LogP contribution is -2.34. The molecule has 4 heteroatoms. The number of carbonyl (C=O) groups is 1. The summed E-state index contributed by atoms with van der Waals surface area (Å²) in [5, 5.41) is 0. The summed E-state index contributed by atoms with van der Waals surface area (Å²) in [4.78, 5) is 14.0. The highest BCUT2D eigenvalue weighted by Crippen LogP contribution is 2.22. The van der Waals surface area contributed by atoms with Gasteiger partial charge in [0.1, 0.15) is 5.75 Å². The molecule has 2 aromatic carbocycles. The van der Waals surface area contributed by atoms with Gasteiger partial charge in [-0.25, -0.2) is 0 Å². The van der Waals surface area contributed by atoms with Crippen LogP contribution in [0.4, 0.5) is 0 Å². The van der Waals surface area contributed by atoms with Crippen LogP contribution in [0.5, 0.6) is 5.75 Å². The Hall–Kier alpha value is -2.33. The summed E-state index contributed by atoms with van der Waals surface area (Å²) in [7, 11) is 1.83. The van der Waals surface area contributed by atoms with Gasteiger partial charge in [-0.1, -0.05) is 42.5 Å². The fourth-order valence-corrected chi connectivity index (χ4v) is 3.13. The third-order valence-electron chi connectivity index (χ3n) is 4.81. The van der Waals surface area contributed by atoms with E-state index in [1.807, 2.05) is 49.5 Å². The van der Waals surface area contributed by atoms with E-state index in [1.165, 1.54) is 12.0 Å². The zero-order valence-corrected chi connectivity index (χ0v) is 15.4. The number of hydrogen-bond donors (Lipinski definition) is 0. The van der Waals surface area contributed by atoms with Crippen molar-refractivity contribution in [3.8, 4) is 16.9 Å². The van der Waals surface area contributed by atoms with Crippen LogP contribution >= 0.6 is 0 Å². The second-order valence-electron chi connectivity index (χ2n) is 6.77. The summed E-state index contributed by atoms with van der Waals surface area (Å²) >= 11 is 0. The zero-order chi connectivity index (χ0) is 18.2. The van der Waals surface area contributed by atoms with E-state index in [1.54, 1.807) is 4.90 Å². The molecule has 0 aliphatic carbocycles. The Labute approximate surface area is 155 Å². The second-order valence-corrected chi connectivity index (χ2v) is 6.77. The molecule has 4 nitrogen and oxygen atoms in total. The van der Waals surface area contributed by atoms with Crippen LogP contribution in [-0.2, 0) is 9.53 Å². The third kappa shape index (κ3) is 5.33. The van der Waals surface area contributed by atoms with Crippen molar-refractivity contribution in [2.75, 3.05) is 26.8 Å². The van der Waals surface area contributed by atoms with Crippen molar-refractivity contribution in [3.05, 3.63) is 54.6 Å². The number of amides is 1. The van der Waals surface area contributed by atoms with Crippen molar-refractivity contribution in [1.82, 2.24) is 4.90 Å². The molecule has 1 heterocycles. The van der Waals surface area contributed by atoms with Gasteiger partial charge in [0.25, 0.3) is 5.91 Å². The molecule has 0 aromatic heterocycles. The quantitative estimate of drug-likeness (QED) is 0.750. The molecule has 0 radical (unpaired) electrons. The number of hydrogen-bond acceptors (Lipinski definition) is 3. The largest absolute Gasteiger partial charge is 0.484 e. The lowest BCUT2D eigenvalue weighted by atomic mass is 10.1. The molecule has 26 heavy (non-hydrogen) atoms. The Morgan fingerprint density at radius 1 is 1.08 bits per heavy atom. The fourth-order valence-electron chi connectivity index (χ4n) is 3.13. The Kier molecular flexibility index (Phi) is 6.67. The van der Waals surface area contributed by atoms with Crippen LogP contribution < -0.4 is 4.74 Å². The molecule has 0 bridgehead atoms. The molecule has 0 spiro atoms. The van der Waals surface area contributed by atoms with Gasteiger partial charge in [0.15, 0.2) is 6.61 Å². The average Bonchev–Trinajstić information content (AvgIpc) is 2.72. The maximum absolute atomic E-state index is 12.2. The monoisotopic (exact) mass is 353 g/mol. The highest BCUT2D eigenvalue weighted by Gasteiger charge is 2.16. The maximum Gasteiger partial charge on any atom is 0.260 e. The van der Waals surface area contributed by atoms with E-state index in [2.05, 4.69) is 12.1 Å². The Morgan fingerprint density at radius 2 is 1.81 bits per heavy atom. The molecule has 0 N–H and O–H groups in total. The Balaban J connectivity index is 1.43. The van der Waals surface area contributed by atoms with Gasteiger partial charge < -0.3 is 14.4 Å². The van der Waals surface area contributed by atoms with Crippen LogP contribution in [-0.4, -0.2) is 43.7 Å². The standard InChI is InChI=1S/C22H27NO3/c1-23(15-14-20-9-5-6-16-25-20)22(24)17-26-21-12-10-19(11-13-21)18-7-3-2-4-8-18/h2-4,7-8,10-13,20H,5-6,9,14-17H2,1H3. The van der Waals surface area contributed by atoms with Crippen molar-refractivity contribution in [3.63, 3.8) is 0 Å². The first kappa shape index (κ1) is 18.5. The maximum atomic E-state index is 12.2. The van der Waals surface area contributed by atoms with E-state index in [0.717, 1.165) is 31.4 Å². The number of benzene rings is 2. The van der Waals surface area contributed by atoms with Gasteiger partial charge in [0.05, 0.1) is 6.10 Å². The molecule has 1 atom stereocenters. The predicted octanol–water partition coefficient (Wildman–Crippen LogP) is 4.15. The molecule has 1 unspecified atom stereocenters. The van der Waals surface area contributed by atoms with E-state index in [0.29, 0.717) is 18.4 Å². The van der Waals surface area contributed by atoms with Gasteiger partial charge in [-0.15, -0.1) is 0 Å². The summed E-state index contributed by atoms with van der Waals surface area (Å²) in [6, 6.07) is 18.0. The highest BCUT2D eigenvalue weighted by molar-refractivity contribution is 5.77. The summed E-state index contributed by atoms with van der Waals surface area (Å²) in [6.45, 7) is 1.62. The van der Waals surface area contributed by atoms with Crippen LogP contribution in [0.25, 0.3) is 11.1 Å².